The minimum Gasteiger partial charge on any atom is -0.395 e. The van der Waals surface area contributed by atoms with Crippen molar-refractivity contribution in [2.45, 2.75) is 37.8 Å². The highest BCUT2D eigenvalue weighted by molar-refractivity contribution is 7.87. The van der Waals surface area contributed by atoms with E-state index in [0.29, 0.717) is 19.8 Å². The van der Waals surface area contributed by atoms with Crippen LogP contribution in [0.4, 0.5) is 0 Å². The third-order valence-electron chi connectivity index (χ3n) is 3.34. The van der Waals surface area contributed by atoms with Gasteiger partial charge in [0.15, 0.2) is 0 Å². The fraction of sp³-hybridized carbons (Fsp3) is 1.00. The lowest BCUT2D eigenvalue weighted by Gasteiger charge is -2.34. The van der Waals surface area contributed by atoms with E-state index >= 15 is 0 Å². The Bertz CT molecular complexity index is 340. The molecule has 0 aromatic rings. The summed E-state index contributed by atoms with van der Waals surface area (Å²) in [5.74, 6) is 0. The molecule has 7 heteroatoms. The minimum atomic E-state index is -3.48. The normalized spacial score (nSPS) is 31.8. The summed E-state index contributed by atoms with van der Waals surface area (Å²) < 4.78 is 33.5. The Kier molecular flexibility index (Phi) is 4.37. The van der Waals surface area contributed by atoms with Gasteiger partial charge in [-0.05, 0) is 19.3 Å². The molecule has 2 fully saturated rings. The van der Waals surface area contributed by atoms with E-state index in [2.05, 4.69) is 4.72 Å². The standard InChI is InChI=1S/C10H20N2O4S/c13-7-10-3-1-2-5-12(10)17(14,15)11-9-4-6-16-8-9/h9-11,13H,1-8H2. The number of rotatable bonds is 4. The van der Waals surface area contributed by atoms with Crippen molar-refractivity contribution in [3.63, 3.8) is 0 Å². The number of nitrogens with zero attached hydrogens (tertiary/aromatic N) is 1. The SMILES string of the molecule is O=S(=O)(NC1CCOC1)N1CCCCC1CO. The molecule has 0 aliphatic carbocycles. The predicted octanol–water partition coefficient (Wildman–Crippen LogP) is -0.543. The Labute approximate surface area is 102 Å². The van der Waals surface area contributed by atoms with Crippen LogP contribution in [0.2, 0.25) is 0 Å². The van der Waals surface area contributed by atoms with Crippen LogP contribution in [0.5, 0.6) is 0 Å². The van der Waals surface area contributed by atoms with Gasteiger partial charge in [0.05, 0.1) is 13.2 Å². The first-order chi connectivity index (χ1) is 8.13. The van der Waals surface area contributed by atoms with Crippen LogP contribution >= 0.6 is 0 Å². The molecule has 0 radical (unpaired) electrons. The second-order valence-electron chi connectivity index (χ2n) is 4.63. The lowest BCUT2D eigenvalue weighted by Crippen LogP contribution is -2.52. The molecular weight excluding hydrogens is 244 g/mol. The van der Waals surface area contributed by atoms with E-state index in [1.165, 1.54) is 4.31 Å². The van der Waals surface area contributed by atoms with Crippen molar-refractivity contribution in [2.24, 2.45) is 0 Å². The number of nitrogens with one attached hydrogen (secondary N) is 1. The second kappa shape index (κ2) is 5.62. The van der Waals surface area contributed by atoms with Crippen LogP contribution in [0.1, 0.15) is 25.7 Å². The van der Waals surface area contributed by atoms with Gasteiger partial charge < -0.3 is 9.84 Å². The molecular formula is C10H20N2O4S. The summed E-state index contributed by atoms with van der Waals surface area (Å²) in [7, 11) is -3.48. The smallest absolute Gasteiger partial charge is 0.280 e. The van der Waals surface area contributed by atoms with Gasteiger partial charge in [0, 0.05) is 25.2 Å². The molecule has 0 amide bonds. The minimum absolute atomic E-state index is 0.109. The van der Waals surface area contributed by atoms with Gasteiger partial charge in [-0.25, -0.2) is 0 Å². The van der Waals surface area contributed by atoms with Crippen LogP contribution in [0.15, 0.2) is 0 Å². The van der Waals surface area contributed by atoms with Crippen LogP contribution in [0.25, 0.3) is 0 Å². The van der Waals surface area contributed by atoms with E-state index in [4.69, 9.17) is 4.74 Å². The van der Waals surface area contributed by atoms with Crippen molar-refractivity contribution >= 4 is 10.2 Å². The summed E-state index contributed by atoms with van der Waals surface area (Å²) in [6.07, 6.45) is 3.29. The van der Waals surface area contributed by atoms with Gasteiger partial charge in [-0.2, -0.15) is 17.4 Å². The topological polar surface area (TPSA) is 78.9 Å². The Hall–Kier alpha value is -0.210. The van der Waals surface area contributed by atoms with Crippen molar-refractivity contribution in [3.8, 4) is 0 Å². The van der Waals surface area contributed by atoms with E-state index in [1.807, 2.05) is 0 Å². The summed E-state index contributed by atoms with van der Waals surface area (Å²) in [6.45, 7) is 1.43. The Balaban J connectivity index is 2.01. The number of hydrogen-bond acceptors (Lipinski definition) is 4. The fourth-order valence-electron chi connectivity index (χ4n) is 2.38. The first-order valence-corrected chi connectivity index (χ1v) is 7.55. The first kappa shape index (κ1) is 13.2. The zero-order chi connectivity index (χ0) is 12.3. The number of aliphatic hydroxyl groups excluding tert-OH is 1. The summed E-state index contributed by atoms with van der Waals surface area (Å²) in [6, 6.07) is -0.398. The third-order valence-corrected chi connectivity index (χ3v) is 5.07. The molecule has 2 atom stereocenters. The largest absolute Gasteiger partial charge is 0.395 e. The van der Waals surface area contributed by atoms with Crippen LogP contribution < -0.4 is 4.72 Å². The molecule has 2 aliphatic rings. The van der Waals surface area contributed by atoms with E-state index < -0.39 is 10.2 Å². The average molecular weight is 264 g/mol. The maximum atomic E-state index is 12.2. The highest BCUT2D eigenvalue weighted by Gasteiger charge is 2.33. The van der Waals surface area contributed by atoms with E-state index in [9.17, 15) is 13.5 Å². The van der Waals surface area contributed by atoms with Crippen LogP contribution in [-0.2, 0) is 14.9 Å². The average Bonchev–Trinajstić information content (AvgIpc) is 2.81. The number of ether oxygens (including phenoxy) is 1. The molecule has 2 heterocycles. The van der Waals surface area contributed by atoms with E-state index in [1.54, 1.807) is 0 Å². The molecule has 0 saturated carbocycles. The summed E-state index contributed by atoms with van der Waals surface area (Å²) in [4.78, 5) is 0. The highest BCUT2D eigenvalue weighted by Crippen LogP contribution is 2.20. The zero-order valence-electron chi connectivity index (χ0n) is 9.84. The van der Waals surface area contributed by atoms with Gasteiger partial charge in [0.25, 0.3) is 10.2 Å². The second-order valence-corrected chi connectivity index (χ2v) is 6.28. The van der Waals surface area contributed by atoms with Crippen LogP contribution in [-0.4, -0.2) is 56.3 Å². The molecule has 100 valence electrons. The third kappa shape index (κ3) is 3.17. The van der Waals surface area contributed by atoms with Crippen molar-refractivity contribution < 1.29 is 18.3 Å². The molecule has 2 aliphatic heterocycles. The van der Waals surface area contributed by atoms with E-state index in [-0.39, 0.29) is 18.7 Å². The number of piperidine rings is 1. The number of aliphatic hydroxyl groups is 1. The van der Waals surface area contributed by atoms with Crippen LogP contribution in [0.3, 0.4) is 0 Å². The molecule has 0 bridgehead atoms. The molecule has 2 saturated heterocycles. The summed E-state index contributed by atoms with van der Waals surface area (Å²) in [5, 5.41) is 9.23. The molecule has 6 nitrogen and oxygen atoms in total. The Morgan fingerprint density at radius 3 is 2.82 bits per heavy atom. The van der Waals surface area contributed by atoms with Gasteiger partial charge in [-0.3, -0.25) is 0 Å². The molecule has 0 aromatic carbocycles. The monoisotopic (exact) mass is 264 g/mol. The number of hydrogen-bond donors (Lipinski definition) is 2. The molecule has 2 rings (SSSR count). The molecule has 0 spiro atoms. The fourth-order valence-corrected chi connectivity index (χ4v) is 4.06. The predicted molar refractivity (Wildman–Crippen MR) is 62.7 cm³/mol. The van der Waals surface area contributed by atoms with Crippen molar-refractivity contribution in [3.05, 3.63) is 0 Å². The van der Waals surface area contributed by atoms with Gasteiger partial charge in [-0.15, -0.1) is 0 Å². The summed E-state index contributed by atoms with van der Waals surface area (Å²) in [5.41, 5.74) is 0. The Morgan fingerprint density at radius 2 is 2.18 bits per heavy atom. The van der Waals surface area contributed by atoms with Gasteiger partial charge in [0.2, 0.25) is 0 Å². The quantitative estimate of drug-likeness (QED) is 0.714. The van der Waals surface area contributed by atoms with Crippen molar-refractivity contribution in [1.82, 2.24) is 9.03 Å². The maximum absolute atomic E-state index is 12.2. The first-order valence-electron chi connectivity index (χ1n) is 6.11. The molecule has 0 aromatic heterocycles. The van der Waals surface area contributed by atoms with Gasteiger partial charge >= 0.3 is 0 Å². The lowest BCUT2D eigenvalue weighted by molar-refractivity contribution is 0.152. The van der Waals surface area contributed by atoms with Gasteiger partial charge in [0.1, 0.15) is 0 Å². The van der Waals surface area contributed by atoms with E-state index in [0.717, 1.165) is 25.7 Å². The maximum Gasteiger partial charge on any atom is 0.280 e. The molecule has 2 unspecified atom stereocenters. The molecule has 17 heavy (non-hydrogen) atoms. The lowest BCUT2D eigenvalue weighted by atomic mass is 10.1. The van der Waals surface area contributed by atoms with Crippen molar-refractivity contribution in [2.75, 3.05) is 26.4 Å². The summed E-state index contributed by atoms with van der Waals surface area (Å²) >= 11 is 0. The van der Waals surface area contributed by atoms with Crippen LogP contribution in [0, 0.1) is 0 Å². The zero-order valence-corrected chi connectivity index (χ0v) is 10.7. The highest BCUT2D eigenvalue weighted by atomic mass is 32.2. The van der Waals surface area contributed by atoms with Crippen molar-refractivity contribution in [1.29, 1.82) is 0 Å². The Morgan fingerprint density at radius 1 is 1.35 bits per heavy atom. The molecule has 2 N–H and O–H groups in total. The van der Waals surface area contributed by atoms with Gasteiger partial charge in [-0.1, -0.05) is 6.42 Å².